The SMILES string of the molecule is COc1ccc(-c2ncc(CN3CCCCC3CC(=O)O)cn2)cc1. The summed E-state index contributed by atoms with van der Waals surface area (Å²) in [6.45, 7) is 1.62. The molecule has 1 aliphatic heterocycles. The second kappa shape index (κ2) is 8.07. The third-order valence-corrected chi connectivity index (χ3v) is 4.60. The lowest BCUT2D eigenvalue weighted by atomic mass is 9.99. The number of aromatic nitrogens is 2. The summed E-state index contributed by atoms with van der Waals surface area (Å²) in [7, 11) is 1.64. The largest absolute Gasteiger partial charge is 0.497 e. The van der Waals surface area contributed by atoms with Crippen LogP contribution >= 0.6 is 0 Å². The lowest BCUT2D eigenvalue weighted by Gasteiger charge is -2.34. The number of benzene rings is 1. The number of carboxylic acids is 1. The Labute approximate surface area is 147 Å². The van der Waals surface area contributed by atoms with Gasteiger partial charge < -0.3 is 9.84 Å². The summed E-state index contributed by atoms with van der Waals surface area (Å²) in [4.78, 5) is 22.2. The number of hydrogen-bond acceptors (Lipinski definition) is 5. The van der Waals surface area contributed by atoms with Crippen molar-refractivity contribution in [1.29, 1.82) is 0 Å². The minimum absolute atomic E-state index is 0.104. The molecule has 25 heavy (non-hydrogen) atoms. The van der Waals surface area contributed by atoms with Crippen LogP contribution in [0.3, 0.4) is 0 Å². The lowest BCUT2D eigenvalue weighted by molar-refractivity contribution is -0.138. The van der Waals surface area contributed by atoms with Gasteiger partial charge in [-0.3, -0.25) is 9.69 Å². The number of carboxylic acid groups (broad SMARTS) is 1. The first-order valence-corrected chi connectivity index (χ1v) is 8.57. The van der Waals surface area contributed by atoms with E-state index in [1.807, 2.05) is 36.7 Å². The van der Waals surface area contributed by atoms with Gasteiger partial charge in [-0.25, -0.2) is 9.97 Å². The molecule has 2 aromatic rings. The van der Waals surface area contributed by atoms with Gasteiger partial charge in [-0.1, -0.05) is 6.42 Å². The number of carbonyl (C=O) groups is 1. The van der Waals surface area contributed by atoms with Gasteiger partial charge in [-0.15, -0.1) is 0 Å². The molecule has 0 spiro atoms. The van der Waals surface area contributed by atoms with E-state index in [0.717, 1.165) is 42.7 Å². The first kappa shape index (κ1) is 17.4. The Balaban J connectivity index is 1.67. The molecule has 1 unspecified atom stereocenters. The lowest BCUT2D eigenvalue weighted by Crippen LogP contribution is -2.40. The van der Waals surface area contributed by atoms with E-state index >= 15 is 0 Å². The Morgan fingerprint density at radius 3 is 2.60 bits per heavy atom. The van der Waals surface area contributed by atoms with E-state index in [1.54, 1.807) is 7.11 Å². The highest BCUT2D eigenvalue weighted by Crippen LogP contribution is 2.23. The minimum atomic E-state index is -0.733. The summed E-state index contributed by atoms with van der Waals surface area (Å²) in [5.41, 5.74) is 1.95. The predicted molar refractivity (Wildman–Crippen MR) is 94.3 cm³/mol. The van der Waals surface area contributed by atoms with Crippen LogP contribution in [0.1, 0.15) is 31.2 Å². The van der Waals surface area contributed by atoms with E-state index in [1.165, 1.54) is 0 Å². The quantitative estimate of drug-likeness (QED) is 0.870. The first-order chi connectivity index (χ1) is 12.2. The molecule has 3 rings (SSSR count). The number of nitrogens with zero attached hydrogens (tertiary/aromatic N) is 3. The van der Waals surface area contributed by atoms with Crippen molar-refractivity contribution < 1.29 is 14.6 Å². The van der Waals surface area contributed by atoms with Gasteiger partial charge in [0.2, 0.25) is 0 Å². The van der Waals surface area contributed by atoms with Gasteiger partial charge in [0, 0.05) is 36.1 Å². The normalized spacial score (nSPS) is 18.0. The Bertz CT molecular complexity index is 701. The summed E-state index contributed by atoms with van der Waals surface area (Å²) in [5.74, 6) is 0.741. The molecular formula is C19H23N3O3. The maximum absolute atomic E-state index is 11.1. The van der Waals surface area contributed by atoms with Crippen LogP contribution in [0.4, 0.5) is 0 Å². The van der Waals surface area contributed by atoms with Crippen molar-refractivity contribution in [1.82, 2.24) is 14.9 Å². The summed E-state index contributed by atoms with van der Waals surface area (Å²) in [6, 6.07) is 7.74. The molecule has 1 aromatic heterocycles. The highest BCUT2D eigenvalue weighted by atomic mass is 16.5. The van der Waals surface area contributed by atoms with E-state index in [0.29, 0.717) is 12.4 Å². The van der Waals surface area contributed by atoms with Crippen LogP contribution in [0.15, 0.2) is 36.7 Å². The second-order valence-corrected chi connectivity index (χ2v) is 6.36. The molecule has 1 N–H and O–H groups in total. The predicted octanol–water partition coefficient (Wildman–Crippen LogP) is 2.98. The van der Waals surface area contributed by atoms with Crippen molar-refractivity contribution in [3.8, 4) is 17.1 Å². The van der Waals surface area contributed by atoms with E-state index in [4.69, 9.17) is 9.84 Å². The third-order valence-electron chi connectivity index (χ3n) is 4.60. The van der Waals surface area contributed by atoms with Gasteiger partial charge >= 0.3 is 5.97 Å². The maximum atomic E-state index is 11.1. The van der Waals surface area contributed by atoms with Gasteiger partial charge in [0.05, 0.1) is 13.5 Å². The van der Waals surface area contributed by atoms with Gasteiger partial charge in [0.25, 0.3) is 0 Å². The fourth-order valence-corrected chi connectivity index (χ4v) is 3.26. The minimum Gasteiger partial charge on any atom is -0.497 e. The molecule has 1 atom stereocenters. The van der Waals surface area contributed by atoms with Gasteiger partial charge in [-0.2, -0.15) is 0 Å². The van der Waals surface area contributed by atoms with Crippen LogP contribution in [0.25, 0.3) is 11.4 Å². The second-order valence-electron chi connectivity index (χ2n) is 6.36. The molecule has 0 amide bonds. The average molecular weight is 341 g/mol. The fraction of sp³-hybridized carbons (Fsp3) is 0.421. The molecule has 1 aromatic carbocycles. The number of ether oxygens (including phenoxy) is 1. The highest BCUT2D eigenvalue weighted by Gasteiger charge is 2.24. The van der Waals surface area contributed by atoms with E-state index in [2.05, 4.69) is 14.9 Å². The van der Waals surface area contributed by atoms with Crippen LogP contribution < -0.4 is 4.74 Å². The molecule has 1 aliphatic rings. The molecule has 132 valence electrons. The number of methoxy groups -OCH3 is 1. The molecular weight excluding hydrogens is 318 g/mol. The topological polar surface area (TPSA) is 75.5 Å². The smallest absolute Gasteiger partial charge is 0.304 e. The summed E-state index contributed by atoms with van der Waals surface area (Å²) < 4.78 is 5.16. The molecule has 0 aliphatic carbocycles. The van der Waals surface area contributed by atoms with Crippen LogP contribution in [0.5, 0.6) is 5.75 Å². The summed E-state index contributed by atoms with van der Waals surface area (Å²) in [6.07, 6.45) is 7.02. The molecule has 6 heteroatoms. The zero-order valence-electron chi connectivity index (χ0n) is 14.4. The zero-order chi connectivity index (χ0) is 17.6. The number of hydrogen-bond donors (Lipinski definition) is 1. The van der Waals surface area contributed by atoms with Crippen LogP contribution in [-0.4, -0.2) is 45.6 Å². The molecule has 2 heterocycles. The van der Waals surface area contributed by atoms with Crippen molar-refractivity contribution in [2.75, 3.05) is 13.7 Å². The van der Waals surface area contributed by atoms with Crippen molar-refractivity contribution >= 4 is 5.97 Å². The molecule has 0 radical (unpaired) electrons. The average Bonchev–Trinajstić information content (AvgIpc) is 2.64. The summed E-state index contributed by atoms with van der Waals surface area (Å²) >= 11 is 0. The van der Waals surface area contributed by atoms with E-state index in [-0.39, 0.29) is 12.5 Å². The van der Waals surface area contributed by atoms with Crippen molar-refractivity contribution in [2.24, 2.45) is 0 Å². The highest BCUT2D eigenvalue weighted by molar-refractivity contribution is 5.67. The molecule has 1 saturated heterocycles. The molecule has 1 fully saturated rings. The number of rotatable bonds is 6. The fourth-order valence-electron chi connectivity index (χ4n) is 3.26. The zero-order valence-corrected chi connectivity index (χ0v) is 14.4. The number of piperidine rings is 1. The van der Waals surface area contributed by atoms with Gasteiger partial charge in [0.15, 0.2) is 5.82 Å². The first-order valence-electron chi connectivity index (χ1n) is 8.57. The van der Waals surface area contributed by atoms with Gasteiger partial charge in [-0.05, 0) is 43.7 Å². The standard InChI is InChI=1S/C19H23N3O3/c1-25-17-7-5-15(6-8-17)19-20-11-14(12-21-19)13-22-9-3-2-4-16(22)10-18(23)24/h5-8,11-12,16H,2-4,9-10,13H2,1H3,(H,23,24). The van der Waals surface area contributed by atoms with Crippen molar-refractivity contribution in [3.63, 3.8) is 0 Å². The Hall–Kier alpha value is -2.47. The third kappa shape index (κ3) is 4.54. The molecule has 0 saturated carbocycles. The summed E-state index contributed by atoms with van der Waals surface area (Å²) in [5, 5.41) is 9.09. The van der Waals surface area contributed by atoms with Crippen LogP contribution in [0, 0.1) is 0 Å². The molecule has 6 nitrogen and oxygen atoms in total. The van der Waals surface area contributed by atoms with Crippen LogP contribution in [0.2, 0.25) is 0 Å². The van der Waals surface area contributed by atoms with Crippen molar-refractivity contribution in [2.45, 2.75) is 38.3 Å². The molecule has 0 bridgehead atoms. The Morgan fingerprint density at radius 1 is 1.24 bits per heavy atom. The van der Waals surface area contributed by atoms with Crippen molar-refractivity contribution in [3.05, 3.63) is 42.2 Å². The van der Waals surface area contributed by atoms with Crippen LogP contribution in [-0.2, 0) is 11.3 Å². The van der Waals surface area contributed by atoms with E-state index in [9.17, 15) is 4.79 Å². The van der Waals surface area contributed by atoms with Gasteiger partial charge in [0.1, 0.15) is 5.75 Å². The van der Waals surface area contributed by atoms with E-state index < -0.39 is 5.97 Å². The Kier molecular flexibility index (Phi) is 5.60. The number of likely N-dealkylation sites (tertiary alicyclic amines) is 1. The maximum Gasteiger partial charge on any atom is 0.304 e. The number of aliphatic carboxylic acids is 1. The Morgan fingerprint density at radius 2 is 1.96 bits per heavy atom. The monoisotopic (exact) mass is 341 g/mol.